The van der Waals surface area contributed by atoms with Crippen molar-refractivity contribution >= 4 is 21.8 Å². The molecule has 2 N–H and O–H groups in total. The van der Waals surface area contributed by atoms with Gasteiger partial charge in [-0.2, -0.15) is 4.31 Å². The fraction of sp³-hybridized carbons (Fsp3) is 0.231. The van der Waals surface area contributed by atoms with Crippen molar-refractivity contribution in [1.82, 2.24) is 14.9 Å². The first kappa shape index (κ1) is 25.1. The van der Waals surface area contributed by atoms with Gasteiger partial charge in [-0.15, -0.1) is 0 Å². The highest BCUT2D eigenvalue weighted by Crippen LogP contribution is 2.21. The fourth-order valence-corrected chi connectivity index (χ4v) is 5.14. The Labute approximate surface area is 200 Å². The van der Waals surface area contributed by atoms with Crippen molar-refractivity contribution in [3.8, 4) is 0 Å². The van der Waals surface area contributed by atoms with Gasteiger partial charge < -0.3 is 10.6 Å². The summed E-state index contributed by atoms with van der Waals surface area (Å²) >= 11 is 0. The molecule has 3 aromatic carbocycles. The largest absolute Gasteiger partial charge is 0.344 e. The molecule has 2 amide bonds. The van der Waals surface area contributed by atoms with Gasteiger partial charge in [0.25, 0.3) is 5.91 Å². The van der Waals surface area contributed by atoms with Gasteiger partial charge in [0.05, 0.1) is 17.5 Å². The van der Waals surface area contributed by atoms with Gasteiger partial charge in [-0.25, -0.2) is 8.42 Å². The highest BCUT2D eigenvalue weighted by Gasteiger charge is 2.23. The lowest BCUT2D eigenvalue weighted by molar-refractivity contribution is -0.120. The van der Waals surface area contributed by atoms with Crippen LogP contribution in [-0.2, 0) is 14.8 Å². The number of nitrogens with one attached hydrogen (secondary N) is 2. The third-order valence-corrected chi connectivity index (χ3v) is 7.47. The third kappa shape index (κ3) is 6.09. The van der Waals surface area contributed by atoms with Gasteiger partial charge in [0.1, 0.15) is 0 Å². The zero-order valence-corrected chi connectivity index (χ0v) is 20.1. The zero-order chi connectivity index (χ0) is 24.6. The number of amides is 2. The lowest BCUT2D eigenvalue weighted by atomic mass is 9.99. The van der Waals surface area contributed by atoms with Gasteiger partial charge in [-0.3, -0.25) is 9.59 Å². The molecule has 7 nitrogen and oxygen atoms in total. The molecule has 0 aliphatic heterocycles. The molecule has 0 atom stereocenters. The minimum absolute atomic E-state index is 0.0431. The third-order valence-electron chi connectivity index (χ3n) is 5.42. The van der Waals surface area contributed by atoms with Crippen LogP contribution in [-0.4, -0.2) is 44.2 Å². The topological polar surface area (TPSA) is 95.6 Å². The Bertz CT molecular complexity index is 1170. The summed E-state index contributed by atoms with van der Waals surface area (Å²) in [5, 5.41) is 5.55. The molecule has 178 valence electrons. The first-order valence-electron chi connectivity index (χ1n) is 11.1. The fourth-order valence-electron chi connectivity index (χ4n) is 3.64. The molecular formula is C26H29N3O4S. The average molecular weight is 480 g/mol. The Hall–Kier alpha value is -3.49. The maximum atomic E-state index is 12.8. The van der Waals surface area contributed by atoms with Crippen LogP contribution in [0.5, 0.6) is 0 Å². The molecule has 0 fully saturated rings. The first-order chi connectivity index (χ1) is 16.4. The molecule has 0 heterocycles. The summed E-state index contributed by atoms with van der Waals surface area (Å²) in [6, 6.07) is 24.6. The summed E-state index contributed by atoms with van der Waals surface area (Å²) in [5.74, 6) is -0.888. The average Bonchev–Trinajstić information content (AvgIpc) is 2.87. The molecule has 0 aliphatic rings. The Kier molecular flexibility index (Phi) is 8.56. The van der Waals surface area contributed by atoms with E-state index in [1.807, 2.05) is 60.7 Å². The standard InChI is InChI=1S/C26H29N3O4S/c1-3-29(4-2)34(32,33)23-17-11-16-22(18-23)26(31)27-19-24(30)28-25(20-12-7-5-8-13-20)21-14-9-6-10-15-21/h5-18,25H,3-4,19H2,1-2H3,(H,27,31)(H,28,30). The smallest absolute Gasteiger partial charge is 0.251 e. The minimum Gasteiger partial charge on any atom is -0.344 e. The molecule has 0 bridgehead atoms. The van der Waals surface area contributed by atoms with Crippen molar-refractivity contribution in [3.63, 3.8) is 0 Å². The van der Waals surface area contributed by atoms with Crippen molar-refractivity contribution in [1.29, 1.82) is 0 Å². The number of hydrogen-bond acceptors (Lipinski definition) is 4. The number of sulfonamides is 1. The second kappa shape index (κ2) is 11.6. The van der Waals surface area contributed by atoms with E-state index in [0.29, 0.717) is 13.1 Å². The molecule has 0 aliphatic carbocycles. The van der Waals surface area contributed by atoms with E-state index >= 15 is 0 Å². The molecule has 0 aromatic heterocycles. The molecule has 3 rings (SSSR count). The number of benzene rings is 3. The molecule has 0 unspecified atom stereocenters. The van der Waals surface area contributed by atoms with Crippen LogP contribution in [0.15, 0.2) is 89.8 Å². The van der Waals surface area contributed by atoms with Crippen LogP contribution in [0.1, 0.15) is 41.4 Å². The van der Waals surface area contributed by atoms with Crippen LogP contribution in [0, 0.1) is 0 Å². The van der Waals surface area contributed by atoms with E-state index in [1.54, 1.807) is 13.8 Å². The summed E-state index contributed by atoms with van der Waals surface area (Å²) in [5.41, 5.74) is 2.01. The van der Waals surface area contributed by atoms with Gasteiger partial charge in [0.2, 0.25) is 15.9 Å². The second-order valence-electron chi connectivity index (χ2n) is 7.62. The van der Waals surface area contributed by atoms with Crippen LogP contribution in [0.25, 0.3) is 0 Å². The SMILES string of the molecule is CCN(CC)S(=O)(=O)c1cccc(C(=O)NCC(=O)NC(c2ccccc2)c2ccccc2)c1. The Morgan fingerprint density at radius 1 is 0.824 bits per heavy atom. The van der Waals surface area contributed by atoms with E-state index in [1.165, 1.54) is 28.6 Å². The maximum absolute atomic E-state index is 12.8. The molecular weight excluding hydrogens is 450 g/mol. The predicted molar refractivity (Wildman–Crippen MR) is 132 cm³/mol. The number of rotatable bonds is 10. The van der Waals surface area contributed by atoms with Gasteiger partial charge >= 0.3 is 0 Å². The van der Waals surface area contributed by atoms with E-state index in [0.717, 1.165) is 11.1 Å². The van der Waals surface area contributed by atoms with Crippen LogP contribution < -0.4 is 10.6 Å². The predicted octanol–water partition coefficient (Wildman–Crippen LogP) is 3.35. The minimum atomic E-state index is -3.69. The Morgan fingerprint density at radius 2 is 1.38 bits per heavy atom. The summed E-state index contributed by atoms with van der Waals surface area (Å²) in [6.07, 6.45) is 0. The van der Waals surface area contributed by atoms with Crippen molar-refractivity contribution in [2.45, 2.75) is 24.8 Å². The van der Waals surface area contributed by atoms with Crippen molar-refractivity contribution in [3.05, 3.63) is 102 Å². The normalized spacial score (nSPS) is 11.4. The number of nitrogens with zero attached hydrogens (tertiary/aromatic N) is 1. The second-order valence-corrected chi connectivity index (χ2v) is 9.56. The summed E-state index contributed by atoms with van der Waals surface area (Å²) in [6.45, 7) is 3.93. The Morgan fingerprint density at radius 3 is 1.91 bits per heavy atom. The molecule has 0 saturated heterocycles. The van der Waals surface area contributed by atoms with E-state index < -0.39 is 15.9 Å². The monoisotopic (exact) mass is 479 g/mol. The van der Waals surface area contributed by atoms with E-state index in [-0.39, 0.29) is 29.0 Å². The van der Waals surface area contributed by atoms with E-state index in [9.17, 15) is 18.0 Å². The first-order valence-corrected chi connectivity index (χ1v) is 12.6. The molecule has 0 radical (unpaired) electrons. The van der Waals surface area contributed by atoms with Crippen molar-refractivity contribution in [2.75, 3.05) is 19.6 Å². The van der Waals surface area contributed by atoms with Crippen molar-refractivity contribution < 1.29 is 18.0 Å². The van der Waals surface area contributed by atoms with Crippen molar-refractivity contribution in [2.24, 2.45) is 0 Å². The number of carbonyl (C=O) groups excluding carboxylic acids is 2. The summed E-state index contributed by atoms with van der Waals surface area (Å²) < 4.78 is 26.8. The molecule has 8 heteroatoms. The van der Waals surface area contributed by atoms with Crippen LogP contribution in [0.2, 0.25) is 0 Å². The quantitative estimate of drug-likeness (QED) is 0.466. The van der Waals surface area contributed by atoms with Crippen LogP contribution in [0.3, 0.4) is 0 Å². The summed E-state index contributed by atoms with van der Waals surface area (Å²) in [4.78, 5) is 25.4. The van der Waals surface area contributed by atoms with Gasteiger partial charge in [0, 0.05) is 18.7 Å². The zero-order valence-electron chi connectivity index (χ0n) is 19.3. The molecule has 0 spiro atoms. The van der Waals surface area contributed by atoms with Crippen LogP contribution >= 0.6 is 0 Å². The van der Waals surface area contributed by atoms with Gasteiger partial charge in [-0.1, -0.05) is 80.6 Å². The molecule has 34 heavy (non-hydrogen) atoms. The van der Waals surface area contributed by atoms with E-state index in [4.69, 9.17) is 0 Å². The van der Waals surface area contributed by atoms with Crippen LogP contribution in [0.4, 0.5) is 0 Å². The maximum Gasteiger partial charge on any atom is 0.251 e. The lowest BCUT2D eigenvalue weighted by Gasteiger charge is -2.20. The Balaban J connectivity index is 1.69. The number of carbonyl (C=O) groups is 2. The van der Waals surface area contributed by atoms with E-state index in [2.05, 4.69) is 10.6 Å². The van der Waals surface area contributed by atoms with Gasteiger partial charge in [0.15, 0.2) is 0 Å². The molecule has 3 aromatic rings. The summed E-state index contributed by atoms with van der Waals surface area (Å²) in [7, 11) is -3.69. The molecule has 0 saturated carbocycles. The van der Waals surface area contributed by atoms with Gasteiger partial charge in [-0.05, 0) is 29.3 Å². The highest BCUT2D eigenvalue weighted by atomic mass is 32.2. The number of hydrogen-bond donors (Lipinski definition) is 2. The lowest BCUT2D eigenvalue weighted by Crippen LogP contribution is -2.39. The highest BCUT2D eigenvalue weighted by molar-refractivity contribution is 7.89.